The Morgan fingerprint density at radius 2 is 2.29 bits per heavy atom. The summed E-state index contributed by atoms with van der Waals surface area (Å²) in [6.07, 6.45) is 1.67. The van der Waals surface area contributed by atoms with Crippen molar-refractivity contribution in [2.75, 3.05) is 6.54 Å². The molecule has 4 nitrogen and oxygen atoms in total. The molecule has 0 amide bonds. The third-order valence-corrected chi connectivity index (χ3v) is 2.61. The first-order valence-corrected chi connectivity index (χ1v) is 5.66. The van der Waals surface area contributed by atoms with Gasteiger partial charge in [-0.2, -0.15) is 0 Å². The number of halogens is 2. The predicted octanol–water partition coefficient (Wildman–Crippen LogP) is 2.17. The maximum atomic E-state index is 13.1. The third-order valence-electron chi connectivity index (χ3n) is 2.32. The van der Waals surface area contributed by atoms with E-state index in [0.29, 0.717) is 12.2 Å². The minimum absolute atomic E-state index is 0.0763. The SMILES string of the molecule is CCNCc1cnnn1-c1ccc(F)c(Cl)c1. The quantitative estimate of drug-likeness (QED) is 0.909. The fourth-order valence-electron chi connectivity index (χ4n) is 1.46. The molecule has 0 aliphatic rings. The lowest BCUT2D eigenvalue weighted by Crippen LogP contribution is -2.15. The number of nitrogens with zero attached hydrogens (tertiary/aromatic N) is 3. The van der Waals surface area contributed by atoms with E-state index in [9.17, 15) is 4.39 Å². The van der Waals surface area contributed by atoms with Crippen molar-refractivity contribution in [3.63, 3.8) is 0 Å². The Hall–Kier alpha value is -1.46. The summed E-state index contributed by atoms with van der Waals surface area (Å²) < 4.78 is 14.7. The average molecular weight is 255 g/mol. The number of nitrogens with one attached hydrogen (secondary N) is 1. The van der Waals surface area contributed by atoms with Crippen LogP contribution >= 0.6 is 11.6 Å². The van der Waals surface area contributed by atoms with Crippen LogP contribution in [0.4, 0.5) is 4.39 Å². The van der Waals surface area contributed by atoms with Crippen LogP contribution in [0.1, 0.15) is 12.6 Å². The van der Waals surface area contributed by atoms with Crippen molar-refractivity contribution in [3.05, 3.63) is 40.9 Å². The Morgan fingerprint density at radius 3 is 3.00 bits per heavy atom. The number of hydrogen-bond donors (Lipinski definition) is 1. The van der Waals surface area contributed by atoms with Gasteiger partial charge in [0.1, 0.15) is 5.82 Å². The van der Waals surface area contributed by atoms with E-state index in [2.05, 4.69) is 15.6 Å². The van der Waals surface area contributed by atoms with Crippen molar-refractivity contribution < 1.29 is 4.39 Å². The standard InChI is InChI=1S/C11H12ClFN4/c1-2-14-6-9-7-15-16-17(9)8-3-4-11(13)10(12)5-8/h3-5,7,14H,2,6H2,1H3. The predicted molar refractivity (Wildman–Crippen MR) is 63.7 cm³/mol. The van der Waals surface area contributed by atoms with Gasteiger partial charge in [0.25, 0.3) is 0 Å². The van der Waals surface area contributed by atoms with Crippen molar-refractivity contribution in [2.24, 2.45) is 0 Å². The summed E-state index contributed by atoms with van der Waals surface area (Å²) in [4.78, 5) is 0. The molecule has 0 unspecified atom stereocenters. The second kappa shape index (κ2) is 5.25. The molecule has 0 bridgehead atoms. The van der Waals surface area contributed by atoms with Gasteiger partial charge in [0.05, 0.1) is 22.6 Å². The van der Waals surface area contributed by atoms with Crippen LogP contribution in [0.25, 0.3) is 5.69 Å². The Bertz CT molecular complexity index is 512. The van der Waals surface area contributed by atoms with E-state index in [0.717, 1.165) is 12.2 Å². The third kappa shape index (κ3) is 2.62. The molecule has 2 rings (SSSR count). The van der Waals surface area contributed by atoms with Crippen LogP contribution in [-0.4, -0.2) is 21.5 Å². The Balaban J connectivity index is 2.32. The highest BCUT2D eigenvalue weighted by Gasteiger charge is 2.08. The number of benzene rings is 1. The number of aromatic nitrogens is 3. The molecule has 0 saturated carbocycles. The van der Waals surface area contributed by atoms with Gasteiger partial charge in [-0.05, 0) is 24.7 Å². The molecule has 90 valence electrons. The van der Waals surface area contributed by atoms with E-state index >= 15 is 0 Å². The van der Waals surface area contributed by atoms with Gasteiger partial charge < -0.3 is 5.32 Å². The topological polar surface area (TPSA) is 42.7 Å². The van der Waals surface area contributed by atoms with Crippen LogP contribution in [0.2, 0.25) is 5.02 Å². The maximum absolute atomic E-state index is 13.1. The molecule has 0 saturated heterocycles. The van der Waals surface area contributed by atoms with Crippen LogP contribution in [0.5, 0.6) is 0 Å². The molecule has 1 heterocycles. The summed E-state index contributed by atoms with van der Waals surface area (Å²) in [5.41, 5.74) is 1.59. The number of hydrogen-bond acceptors (Lipinski definition) is 3. The first kappa shape index (κ1) is 12.0. The Labute approximate surface area is 103 Å². The van der Waals surface area contributed by atoms with E-state index in [-0.39, 0.29) is 5.02 Å². The van der Waals surface area contributed by atoms with E-state index < -0.39 is 5.82 Å². The molecule has 0 atom stereocenters. The van der Waals surface area contributed by atoms with E-state index in [1.807, 2.05) is 6.92 Å². The normalized spacial score (nSPS) is 10.8. The zero-order valence-corrected chi connectivity index (χ0v) is 10.1. The Morgan fingerprint density at radius 1 is 1.47 bits per heavy atom. The second-order valence-electron chi connectivity index (χ2n) is 3.52. The summed E-state index contributed by atoms with van der Waals surface area (Å²) in [6, 6.07) is 4.46. The van der Waals surface area contributed by atoms with Gasteiger partial charge in [-0.1, -0.05) is 23.7 Å². The molecule has 2 aromatic rings. The van der Waals surface area contributed by atoms with Crippen molar-refractivity contribution in [3.8, 4) is 5.69 Å². The zero-order valence-electron chi connectivity index (χ0n) is 9.32. The van der Waals surface area contributed by atoms with Gasteiger partial charge in [0.15, 0.2) is 0 Å². The summed E-state index contributed by atoms with van der Waals surface area (Å²) >= 11 is 5.74. The molecule has 1 aromatic carbocycles. The van der Waals surface area contributed by atoms with Crippen molar-refractivity contribution >= 4 is 11.6 Å². The molecule has 0 aliphatic heterocycles. The lowest BCUT2D eigenvalue weighted by Gasteiger charge is -2.07. The molecule has 6 heteroatoms. The molecular weight excluding hydrogens is 243 g/mol. The van der Waals surface area contributed by atoms with Gasteiger partial charge >= 0.3 is 0 Å². The summed E-state index contributed by atoms with van der Waals surface area (Å²) in [6.45, 7) is 3.52. The lowest BCUT2D eigenvalue weighted by atomic mass is 10.3. The van der Waals surface area contributed by atoms with Crippen molar-refractivity contribution in [1.82, 2.24) is 20.3 Å². The molecule has 0 aliphatic carbocycles. The minimum atomic E-state index is -0.441. The van der Waals surface area contributed by atoms with Gasteiger partial charge in [-0.25, -0.2) is 9.07 Å². The smallest absolute Gasteiger partial charge is 0.141 e. The molecular formula is C11H12ClFN4. The van der Waals surface area contributed by atoms with Crippen LogP contribution in [0, 0.1) is 5.82 Å². The van der Waals surface area contributed by atoms with E-state index in [4.69, 9.17) is 11.6 Å². The highest BCUT2D eigenvalue weighted by atomic mass is 35.5. The second-order valence-corrected chi connectivity index (χ2v) is 3.92. The highest BCUT2D eigenvalue weighted by molar-refractivity contribution is 6.30. The van der Waals surface area contributed by atoms with Crippen molar-refractivity contribution in [2.45, 2.75) is 13.5 Å². The van der Waals surface area contributed by atoms with Crippen molar-refractivity contribution in [1.29, 1.82) is 0 Å². The molecule has 17 heavy (non-hydrogen) atoms. The average Bonchev–Trinajstić information content (AvgIpc) is 2.78. The van der Waals surface area contributed by atoms with E-state index in [1.54, 1.807) is 16.9 Å². The van der Waals surface area contributed by atoms with Crippen LogP contribution in [0.3, 0.4) is 0 Å². The fraction of sp³-hybridized carbons (Fsp3) is 0.273. The molecule has 1 aromatic heterocycles. The zero-order chi connectivity index (χ0) is 12.3. The molecule has 0 spiro atoms. The lowest BCUT2D eigenvalue weighted by molar-refractivity contribution is 0.626. The minimum Gasteiger partial charge on any atom is -0.311 e. The highest BCUT2D eigenvalue weighted by Crippen LogP contribution is 2.19. The van der Waals surface area contributed by atoms with Gasteiger partial charge in [-0.3, -0.25) is 0 Å². The summed E-state index contributed by atoms with van der Waals surface area (Å²) in [5.74, 6) is -0.441. The van der Waals surface area contributed by atoms with E-state index in [1.165, 1.54) is 12.1 Å². The first-order chi connectivity index (χ1) is 8.22. The van der Waals surface area contributed by atoms with Gasteiger partial charge in [0, 0.05) is 6.54 Å². The Kier molecular flexibility index (Phi) is 3.71. The van der Waals surface area contributed by atoms with Crippen LogP contribution < -0.4 is 5.32 Å². The number of rotatable bonds is 4. The largest absolute Gasteiger partial charge is 0.311 e. The van der Waals surface area contributed by atoms with Crippen LogP contribution in [-0.2, 0) is 6.54 Å². The fourth-order valence-corrected chi connectivity index (χ4v) is 1.64. The summed E-state index contributed by atoms with van der Waals surface area (Å²) in [7, 11) is 0. The van der Waals surface area contributed by atoms with Crippen LogP contribution in [0.15, 0.2) is 24.4 Å². The first-order valence-electron chi connectivity index (χ1n) is 5.28. The molecule has 0 radical (unpaired) electrons. The molecule has 1 N–H and O–H groups in total. The molecule has 0 fully saturated rings. The summed E-state index contributed by atoms with van der Waals surface area (Å²) in [5, 5.41) is 11.1. The monoisotopic (exact) mass is 254 g/mol. The maximum Gasteiger partial charge on any atom is 0.141 e. The van der Waals surface area contributed by atoms with Gasteiger partial charge in [0.2, 0.25) is 0 Å². The van der Waals surface area contributed by atoms with Gasteiger partial charge in [-0.15, -0.1) is 5.10 Å².